The van der Waals surface area contributed by atoms with Gasteiger partial charge >= 0.3 is 0 Å². The van der Waals surface area contributed by atoms with E-state index in [0.29, 0.717) is 17.8 Å². The van der Waals surface area contributed by atoms with E-state index in [9.17, 15) is 0 Å². The lowest BCUT2D eigenvalue weighted by atomic mass is 9.81. The second-order valence-corrected chi connectivity index (χ2v) is 4.56. The van der Waals surface area contributed by atoms with E-state index in [1.54, 1.807) is 0 Å². The predicted octanol–water partition coefficient (Wildman–Crippen LogP) is 2.61. The molecule has 2 aliphatic rings. The van der Waals surface area contributed by atoms with Gasteiger partial charge in [0.15, 0.2) is 0 Å². The first-order valence-corrected chi connectivity index (χ1v) is 5.82. The molecule has 3 unspecified atom stereocenters. The molecule has 2 heteroatoms. The van der Waals surface area contributed by atoms with Gasteiger partial charge in [0.2, 0.25) is 0 Å². The Kier molecular flexibility index (Phi) is 2.44. The van der Waals surface area contributed by atoms with Gasteiger partial charge in [0.05, 0.1) is 19.8 Å². The minimum Gasteiger partial charge on any atom is -0.493 e. The van der Waals surface area contributed by atoms with Gasteiger partial charge in [-0.3, -0.25) is 0 Å². The molecule has 2 aliphatic heterocycles. The first kappa shape index (κ1) is 9.91. The van der Waals surface area contributed by atoms with Crippen molar-refractivity contribution >= 4 is 0 Å². The summed E-state index contributed by atoms with van der Waals surface area (Å²) >= 11 is 0. The molecule has 0 aromatic heterocycles. The minimum atomic E-state index is 0.472. The van der Waals surface area contributed by atoms with E-state index in [1.165, 1.54) is 5.56 Å². The zero-order chi connectivity index (χ0) is 11.0. The molecule has 1 saturated heterocycles. The highest BCUT2D eigenvalue weighted by Crippen LogP contribution is 2.43. The standard InChI is InChI=1S/C14H16O2/c1-2-10-7-15-8-12(10)13-9-16-14-6-4-3-5-11(13)14/h2-6,10,12-13H,1,7-9H2. The number of hydrogen-bond donors (Lipinski definition) is 0. The van der Waals surface area contributed by atoms with Gasteiger partial charge < -0.3 is 9.47 Å². The molecular weight excluding hydrogens is 200 g/mol. The fourth-order valence-corrected chi connectivity index (χ4v) is 2.79. The van der Waals surface area contributed by atoms with Crippen LogP contribution in [-0.2, 0) is 4.74 Å². The number of rotatable bonds is 2. The Bertz CT molecular complexity index is 399. The van der Waals surface area contributed by atoms with Crippen molar-refractivity contribution in [1.29, 1.82) is 0 Å². The van der Waals surface area contributed by atoms with Crippen molar-refractivity contribution in [3.8, 4) is 5.75 Å². The van der Waals surface area contributed by atoms with Crippen LogP contribution < -0.4 is 4.74 Å². The van der Waals surface area contributed by atoms with Crippen molar-refractivity contribution in [2.24, 2.45) is 11.8 Å². The van der Waals surface area contributed by atoms with E-state index in [1.807, 2.05) is 18.2 Å². The zero-order valence-electron chi connectivity index (χ0n) is 9.26. The smallest absolute Gasteiger partial charge is 0.122 e. The van der Waals surface area contributed by atoms with Gasteiger partial charge in [-0.2, -0.15) is 0 Å². The van der Waals surface area contributed by atoms with Crippen molar-refractivity contribution in [2.75, 3.05) is 19.8 Å². The second-order valence-electron chi connectivity index (χ2n) is 4.56. The van der Waals surface area contributed by atoms with E-state index in [4.69, 9.17) is 9.47 Å². The summed E-state index contributed by atoms with van der Waals surface area (Å²) < 4.78 is 11.3. The lowest BCUT2D eigenvalue weighted by Gasteiger charge is -2.20. The second kappa shape index (κ2) is 3.95. The molecule has 3 atom stereocenters. The number of para-hydroxylation sites is 1. The monoisotopic (exact) mass is 216 g/mol. The molecule has 0 radical (unpaired) electrons. The number of fused-ring (bicyclic) bond motifs is 1. The van der Waals surface area contributed by atoms with Crippen molar-refractivity contribution in [3.05, 3.63) is 42.5 Å². The van der Waals surface area contributed by atoms with Crippen LogP contribution in [0.2, 0.25) is 0 Å². The predicted molar refractivity (Wildman–Crippen MR) is 62.7 cm³/mol. The van der Waals surface area contributed by atoms with Gasteiger partial charge in [0.25, 0.3) is 0 Å². The molecule has 0 aliphatic carbocycles. The quantitative estimate of drug-likeness (QED) is 0.707. The summed E-state index contributed by atoms with van der Waals surface area (Å²) in [6.45, 7) is 6.33. The van der Waals surface area contributed by atoms with Crippen LogP contribution in [0.5, 0.6) is 5.75 Å². The molecule has 0 bridgehead atoms. The molecule has 3 rings (SSSR count). The van der Waals surface area contributed by atoms with Crippen molar-refractivity contribution in [1.82, 2.24) is 0 Å². The number of hydrogen-bond acceptors (Lipinski definition) is 2. The zero-order valence-corrected chi connectivity index (χ0v) is 9.26. The topological polar surface area (TPSA) is 18.5 Å². The van der Waals surface area contributed by atoms with E-state index in [0.717, 1.165) is 25.6 Å². The van der Waals surface area contributed by atoms with Gasteiger partial charge in [-0.25, -0.2) is 0 Å². The maximum absolute atomic E-state index is 5.73. The van der Waals surface area contributed by atoms with Gasteiger partial charge in [0, 0.05) is 23.3 Å². The SMILES string of the molecule is C=CC1COCC1C1COc2ccccc21. The lowest BCUT2D eigenvalue weighted by molar-refractivity contribution is 0.175. The van der Waals surface area contributed by atoms with Crippen LogP contribution in [0, 0.1) is 11.8 Å². The molecule has 2 heterocycles. The Hall–Kier alpha value is -1.28. The van der Waals surface area contributed by atoms with Gasteiger partial charge in [-0.15, -0.1) is 6.58 Å². The highest BCUT2D eigenvalue weighted by Gasteiger charge is 2.38. The van der Waals surface area contributed by atoms with Crippen molar-refractivity contribution < 1.29 is 9.47 Å². The Morgan fingerprint density at radius 2 is 2.06 bits per heavy atom. The van der Waals surface area contributed by atoms with E-state index >= 15 is 0 Å². The van der Waals surface area contributed by atoms with E-state index in [2.05, 4.69) is 18.7 Å². The van der Waals surface area contributed by atoms with Crippen molar-refractivity contribution in [3.63, 3.8) is 0 Å². The van der Waals surface area contributed by atoms with Crippen molar-refractivity contribution in [2.45, 2.75) is 5.92 Å². The van der Waals surface area contributed by atoms with Crippen LogP contribution in [0.4, 0.5) is 0 Å². The molecule has 1 fully saturated rings. The van der Waals surface area contributed by atoms with Gasteiger partial charge in [-0.1, -0.05) is 24.3 Å². The van der Waals surface area contributed by atoms with Crippen LogP contribution >= 0.6 is 0 Å². The highest BCUT2D eigenvalue weighted by molar-refractivity contribution is 5.40. The summed E-state index contributed by atoms with van der Waals surface area (Å²) in [5.41, 5.74) is 1.34. The summed E-state index contributed by atoms with van der Waals surface area (Å²) in [6.07, 6.45) is 2.03. The Labute approximate surface area is 95.9 Å². The largest absolute Gasteiger partial charge is 0.493 e. The Morgan fingerprint density at radius 3 is 2.94 bits per heavy atom. The van der Waals surface area contributed by atoms with Crippen LogP contribution in [0.25, 0.3) is 0 Å². The fourth-order valence-electron chi connectivity index (χ4n) is 2.79. The summed E-state index contributed by atoms with van der Waals surface area (Å²) in [7, 11) is 0. The third-order valence-electron chi connectivity index (χ3n) is 3.73. The molecule has 1 aromatic carbocycles. The van der Waals surface area contributed by atoms with E-state index in [-0.39, 0.29) is 0 Å². The maximum Gasteiger partial charge on any atom is 0.122 e. The maximum atomic E-state index is 5.73. The molecular formula is C14H16O2. The molecule has 0 N–H and O–H groups in total. The first-order valence-electron chi connectivity index (χ1n) is 5.82. The highest BCUT2D eigenvalue weighted by atomic mass is 16.5. The van der Waals surface area contributed by atoms with Crippen LogP contribution in [-0.4, -0.2) is 19.8 Å². The molecule has 0 amide bonds. The third kappa shape index (κ3) is 1.45. The normalized spacial score (nSPS) is 32.1. The first-order chi connectivity index (χ1) is 7.90. The third-order valence-corrected chi connectivity index (χ3v) is 3.73. The lowest BCUT2D eigenvalue weighted by Crippen LogP contribution is -2.20. The van der Waals surface area contributed by atoms with Crippen LogP contribution in [0.15, 0.2) is 36.9 Å². The Morgan fingerprint density at radius 1 is 1.19 bits per heavy atom. The fraction of sp³-hybridized carbons (Fsp3) is 0.429. The molecule has 16 heavy (non-hydrogen) atoms. The minimum absolute atomic E-state index is 0.472. The molecule has 1 aromatic rings. The van der Waals surface area contributed by atoms with E-state index < -0.39 is 0 Å². The average Bonchev–Trinajstić information content (AvgIpc) is 2.94. The number of ether oxygens (including phenoxy) is 2. The van der Waals surface area contributed by atoms with Crippen LogP contribution in [0.3, 0.4) is 0 Å². The Balaban J connectivity index is 1.89. The molecule has 2 nitrogen and oxygen atoms in total. The summed E-state index contributed by atoms with van der Waals surface area (Å²) in [4.78, 5) is 0. The van der Waals surface area contributed by atoms with Crippen LogP contribution in [0.1, 0.15) is 11.5 Å². The average molecular weight is 216 g/mol. The summed E-state index contributed by atoms with van der Waals surface area (Å²) in [5, 5.41) is 0. The van der Waals surface area contributed by atoms with Gasteiger partial charge in [0.1, 0.15) is 5.75 Å². The summed E-state index contributed by atoms with van der Waals surface area (Å²) in [6, 6.07) is 8.33. The molecule has 84 valence electrons. The van der Waals surface area contributed by atoms with Gasteiger partial charge in [-0.05, 0) is 6.07 Å². The molecule has 0 saturated carbocycles. The molecule has 0 spiro atoms. The summed E-state index contributed by atoms with van der Waals surface area (Å²) in [5.74, 6) is 2.52. The number of benzene rings is 1.